The molecule has 2 rings (SSSR count). The lowest BCUT2D eigenvalue weighted by atomic mass is 10.3. The minimum Gasteiger partial charge on any atom is -0.394 e. The first-order valence-corrected chi connectivity index (χ1v) is 7.47. The van der Waals surface area contributed by atoms with Crippen LogP contribution in [0.25, 0.3) is 10.6 Å². The Balaban J connectivity index is 2.02. The molecule has 0 aliphatic heterocycles. The second kappa shape index (κ2) is 6.80. The molecule has 0 spiro atoms. The van der Waals surface area contributed by atoms with Gasteiger partial charge in [0.05, 0.1) is 25.4 Å². The largest absolute Gasteiger partial charge is 0.394 e. The number of aliphatic hydroxyl groups is 1. The lowest BCUT2D eigenvalue weighted by Gasteiger charge is -2.05. The van der Waals surface area contributed by atoms with Gasteiger partial charge in [0.2, 0.25) is 0 Å². The molecule has 0 aliphatic carbocycles. The molecule has 2 aromatic heterocycles. The van der Waals surface area contributed by atoms with E-state index in [1.807, 2.05) is 12.3 Å². The second-order valence-corrected chi connectivity index (χ2v) is 5.46. The van der Waals surface area contributed by atoms with Crippen LogP contribution in [0.4, 0.5) is 10.8 Å². The fourth-order valence-electron chi connectivity index (χ4n) is 1.50. The Bertz CT molecular complexity index is 526. The van der Waals surface area contributed by atoms with Gasteiger partial charge >= 0.3 is 0 Å². The summed E-state index contributed by atoms with van der Waals surface area (Å²) in [4.78, 5) is 4.43. The van der Waals surface area contributed by atoms with Gasteiger partial charge in [-0.3, -0.25) is 0 Å². The standard InChI is InChI=1S/C11H16N4O2S2/c1-7-6-18-11(14-7)8-9(12)15-19-10(8)13-2-4-17-5-3-16/h6,13,16H,2-5H2,1H3,(H2,12,15). The SMILES string of the molecule is Cc1csc(-c2c(N)nsc2NCCOCCO)n1. The average Bonchev–Trinajstić information content (AvgIpc) is 2.95. The fraction of sp³-hybridized carbons (Fsp3) is 0.455. The Hall–Kier alpha value is -1.22. The van der Waals surface area contributed by atoms with E-state index >= 15 is 0 Å². The number of hydrogen-bond acceptors (Lipinski definition) is 8. The number of ether oxygens (including phenoxy) is 1. The number of anilines is 2. The van der Waals surface area contributed by atoms with Crippen LogP contribution in [0.5, 0.6) is 0 Å². The molecule has 2 aromatic rings. The van der Waals surface area contributed by atoms with Crippen LogP contribution in [0.1, 0.15) is 5.69 Å². The van der Waals surface area contributed by atoms with E-state index in [0.29, 0.717) is 25.6 Å². The summed E-state index contributed by atoms with van der Waals surface area (Å²) in [7, 11) is 0. The number of thiazole rings is 1. The van der Waals surface area contributed by atoms with Gasteiger partial charge in [-0.25, -0.2) is 4.98 Å². The van der Waals surface area contributed by atoms with Crippen molar-refractivity contribution in [2.45, 2.75) is 6.92 Å². The molecule has 0 saturated heterocycles. The molecular formula is C11H16N4O2S2. The molecule has 6 nitrogen and oxygen atoms in total. The van der Waals surface area contributed by atoms with Crippen molar-refractivity contribution in [2.75, 3.05) is 37.4 Å². The first-order valence-electron chi connectivity index (χ1n) is 5.82. The highest BCUT2D eigenvalue weighted by Gasteiger charge is 2.16. The molecule has 2 heterocycles. The molecule has 0 aromatic carbocycles. The summed E-state index contributed by atoms with van der Waals surface area (Å²) < 4.78 is 9.35. The number of aromatic nitrogens is 2. The molecule has 0 fully saturated rings. The number of nitrogen functional groups attached to an aromatic ring is 1. The molecule has 0 bridgehead atoms. The number of hydrogen-bond donors (Lipinski definition) is 3. The van der Waals surface area contributed by atoms with E-state index in [1.54, 1.807) is 11.3 Å². The molecule has 104 valence electrons. The number of nitrogens with one attached hydrogen (secondary N) is 1. The summed E-state index contributed by atoms with van der Waals surface area (Å²) in [6, 6.07) is 0. The van der Waals surface area contributed by atoms with Crippen molar-refractivity contribution in [2.24, 2.45) is 0 Å². The van der Waals surface area contributed by atoms with Gasteiger partial charge in [0, 0.05) is 17.6 Å². The van der Waals surface area contributed by atoms with Crippen LogP contribution in [0.15, 0.2) is 5.38 Å². The highest BCUT2D eigenvalue weighted by molar-refractivity contribution is 7.15. The van der Waals surface area contributed by atoms with Gasteiger partial charge in [-0.2, -0.15) is 4.37 Å². The Morgan fingerprint density at radius 1 is 1.47 bits per heavy atom. The number of aryl methyl sites for hydroxylation is 1. The minimum atomic E-state index is 0.0388. The molecule has 8 heteroatoms. The van der Waals surface area contributed by atoms with Gasteiger partial charge in [0.15, 0.2) is 0 Å². The summed E-state index contributed by atoms with van der Waals surface area (Å²) in [5, 5.41) is 15.6. The maximum atomic E-state index is 8.60. The Morgan fingerprint density at radius 3 is 3.00 bits per heavy atom. The first-order chi connectivity index (χ1) is 9.22. The van der Waals surface area contributed by atoms with Gasteiger partial charge in [-0.05, 0) is 18.5 Å². The van der Waals surface area contributed by atoms with Crippen molar-refractivity contribution in [1.82, 2.24) is 9.36 Å². The summed E-state index contributed by atoms with van der Waals surface area (Å²) in [5.41, 5.74) is 7.74. The molecule has 0 radical (unpaired) electrons. The predicted octanol–water partition coefficient (Wildman–Crippen LogP) is 1.58. The first kappa shape index (κ1) is 14.2. The van der Waals surface area contributed by atoms with Crippen molar-refractivity contribution < 1.29 is 9.84 Å². The van der Waals surface area contributed by atoms with Gasteiger partial charge < -0.3 is 20.9 Å². The smallest absolute Gasteiger partial charge is 0.149 e. The summed E-state index contributed by atoms with van der Waals surface area (Å²) >= 11 is 2.87. The summed E-state index contributed by atoms with van der Waals surface area (Å²) in [5.74, 6) is 0.498. The van der Waals surface area contributed by atoms with Crippen LogP contribution in [0.2, 0.25) is 0 Å². The van der Waals surface area contributed by atoms with E-state index < -0.39 is 0 Å². The van der Waals surface area contributed by atoms with Crippen LogP contribution >= 0.6 is 22.9 Å². The summed E-state index contributed by atoms with van der Waals surface area (Å²) in [6.45, 7) is 3.50. The Kier molecular flexibility index (Phi) is 5.08. The maximum absolute atomic E-state index is 8.60. The van der Waals surface area contributed by atoms with Gasteiger partial charge in [0.1, 0.15) is 15.8 Å². The monoisotopic (exact) mass is 300 g/mol. The number of aliphatic hydroxyl groups excluding tert-OH is 1. The van der Waals surface area contributed by atoms with Crippen molar-refractivity contribution >= 4 is 33.7 Å². The van der Waals surface area contributed by atoms with E-state index in [2.05, 4.69) is 14.7 Å². The van der Waals surface area contributed by atoms with Crippen LogP contribution in [0, 0.1) is 6.92 Å². The predicted molar refractivity (Wildman–Crippen MR) is 78.8 cm³/mol. The highest BCUT2D eigenvalue weighted by atomic mass is 32.1. The third-order valence-corrected chi connectivity index (χ3v) is 4.12. The maximum Gasteiger partial charge on any atom is 0.149 e. The second-order valence-electron chi connectivity index (χ2n) is 3.83. The van der Waals surface area contributed by atoms with Crippen LogP contribution in [-0.2, 0) is 4.74 Å². The van der Waals surface area contributed by atoms with Crippen LogP contribution < -0.4 is 11.1 Å². The third-order valence-electron chi connectivity index (χ3n) is 2.32. The molecule has 0 saturated carbocycles. The van der Waals surface area contributed by atoms with E-state index in [4.69, 9.17) is 15.6 Å². The van der Waals surface area contributed by atoms with E-state index in [-0.39, 0.29) is 6.61 Å². The lowest BCUT2D eigenvalue weighted by molar-refractivity contribution is 0.0992. The number of nitrogens with two attached hydrogens (primary N) is 1. The average molecular weight is 300 g/mol. The van der Waals surface area contributed by atoms with Gasteiger partial charge in [-0.15, -0.1) is 11.3 Å². The van der Waals surface area contributed by atoms with Crippen LogP contribution in [0.3, 0.4) is 0 Å². The zero-order valence-electron chi connectivity index (χ0n) is 10.5. The number of nitrogens with zero attached hydrogens (tertiary/aromatic N) is 2. The molecule has 0 unspecified atom stereocenters. The Labute approximate surface area is 119 Å². The van der Waals surface area contributed by atoms with Gasteiger partial charge in [-0.1, -0.05) is 0 Å². The minimum absolute atomic E-state index is 0.0388. The van der Waals surface area contributed by atoms with E-state index in [9.17, 15) is 0 Å². The molecule has 19 heavy (non-hydrogen) atoms. The Morgan fingerprint density at radius 2 is 2.32 bits per heavy atom. The lowest BCUT2D eigenvalue weighted by Crippen LogP contribution is -2.11. The topological polar surface area (TPSA) is 93.3 Å². The van der Waals surface area contributed by atoms with Crippen molar-refractivity contribution in [3.05, 3.63) is 11.1 Å². The third kappa shape index (κ3) is 3.63. The zero-order valence-corrected chi connectivity index (χ0v) is 12.2. The van der Waals surface area contributed by atoms with Crippen molar-refractivity contribution in [1.29, 1.82) is 0 Å². The fourth-order valence-corrected chi connectivity index (χ4v) is 3.16. The molecule has 0 aliphatic rings. The van der Waals surface area contributed by atoms with Crippen LogP contribution in [-0.4, -0.2) is 40.8 Å². The molecular weight excluding hydrogens is 284 g/mol. The van der Waals surface area contributed by atoms with Crippen molar-refractivity contribution in [3.8, 4) is 10.6 Å². The summed E-state index contributed by atoms with van der Waals surface area (Å²) in [6.07, 6.45) is 0. The van der Waals surface area contributed by atoms with Crippen molar-refractivity contribution in [3.63, 3.8) is 0 Å². The van der Waals surface area contributed by atoms with E-state index in [1.165, 1.54) is 11.5 Å². The van der Waals surface area contributed by atoms with Gasteiger partial charge in [0.25, 0.3) is 0 Å². The quantitative estimate of drug-likeness (QED) is 0.672. The van der Waals surface area contributed by atoms with E-state index in [0.717, 1.165) is 21.3 Å². The normalized spacial score (nSPS) is 10.8. The molecule has 4 N–H and O–H groups in total. The molecule has 0 atom stereocenters. The highest BCUT2D eigenvalue weighted by Crippen LogP contribution is 2.38. The molecule has 0 amide bonds. The number of rotatable bonds is 7. The zero-order chi connectivity index (χ0) is 13.7.